The largest absolute Gasteiger partial charge is 0.506 e. The van der Waals surface area contributed by atoms with Crippen LogP contribution in [0, 0.1) is 0 Å². The molecule has 1 rings (SSSR count). The van der Waals surface area contributed by atoms with Crippen molar-refractivity contribution < 1.29 is 10.2 Å². The van der Waals surface area contributed by atoms with Crippen LogP contribution in [0.5, 0.6) is 5.75 Å². The summed E-state index contributed by atoms with van der Waals surface area (Å²) in [6.07, 6.45) is -0.0957. The molecule has 0 saturated heterocycles. The van der Waals surface area contributed by atoms with Crippen molar-refractivity contribution in [2.45, 2.75) is 19.4 Å². The van der Waals surface area contributed by atoms with Gasteiger partial charge in [-0.1, -0.05) is 11.6 Å². The van der Waals surface area contributed by atoms with E-state index in [1.165, 1.54) is 0 Å². The average Bonchev–Trinajstić information content (AvgIpc) is 1.98. The lowest BCUT2D eigenvalue weighted by Gasteiger charge is -2.08. The van der Waals surface area contributed by atoms with Crippen molar-refractivity contribution >= 4 is 27.5 Å². The van der Waals surface area contributed by atoms with Crippen molar-refractivity contribution in [1.82, 2.24) is 0 Å². The van der Waals surface area contributed by atoms with Crippen molar-refractivity contribution in [3.63, 3.8) is 0 Å². The monoisotopic (exact) mass is 264 g/mol. The number of aliphatic hydroxyl groups excluding tert-OH is 1. The summed E-state index contributed by atoms with van der Waals surface area (Å²) in [5.74, 6) is 0.144. The summed E-state index contributed by atoms with van der Waals surface area (Å²) in [5, 5.41) is 19.2. The molecule has 1 aromatic carbocycles. The molecule has 4 heteroatoms. The van der Waals surface area contributed by atoms with Crippen LogP contribution in [0.25, 0.3) is 0 Å². The van der Waals surface area contributed by atoms with Gasteiger partial charge in [-0.25, -0.2) is 0 Å². The Hall–Kier alpha value is -0.250. The molecule has 0 aromatic heterocycles. The van der Waals surface area contributed by atoms with E-state index >= 15 is 0 Å². The minimum Gasteiger partial charge on any atom is -0.506 e. The molecule has 2 nitrogen and oxygen atoms in total. The van der Waals surface area contributed by atoms with E-state index in [0.29, 0.717) is 21.5 Å². The van der Waals surface area contributed by atoms with Gasteiger partial charge in [-0.15, -0.1) is 0 Å². The van der Waals surface area contributed by atoms with Crippen LogP contribution in [0.4, 0.5) is 0 Å². The molecule has 0 heterocycles. The van der Waals surface area contributed by atoms with Gasteiger partial charge in [-0.05, 0) is 40.5 Å². The molecule has 0 amide bonds. The minimum atomic E-state index is -0.490. The summed E-state index contributed by atoms with van der Waals surface area (Å²) in [6, 6.07) is 3.26. The Labute approximate surface area is 90.3 Å². The van der Waals surface area contributed by atoms with Gasteiger partial charge in [0.2, 0.25) is 0 Å². The van der Waals surface area contributed by atoms with E-state index in [0.717, 1.165) is 0 Å². The van der Waals surface area contributed by atoms with E-state index < -0.39 is 6.10 Å². The number of halogens is 2. The van der Waals surface area contributed by atoms with Gasteiger partial charge in [0.25, 0.3) is 0 Å². The third kappa shape index (κ3) is 2.86. The molecular formula is C9H10BrClO2. The summed E-state index contributed by atoms with van der Waals surface area (Å²) in [6.45, 7) is 1.66. The van der Waals surface area contributed by atoms with E-state index in [9.17, 15) is 5.11 Å². The molecule has 0 radical (unpaired) electrons. The van der Waals surface area contributed by atoms with Crippen LogP contribution < -0.4 is 0 Å². The molecule has 0 aliphatic carbocycles. The van der Waals surface area contributed by atoms with E-state index in [-0.39, 0.29) is 5.75 Å². The second-order valence-corrected chi connectivity index (χ2v) is 4.24. The van der Waals surface area contributed by atoms with E-state index in [1.54, 1.807) is 19.1 Å². The van der Waals surface area contributed by atoms with Gasteiger partial charge in [-0.2, -0.15) is 0 Å². The molecule has 0 saturated carbocycles. The van der Waals surface area contributed by atoms with Crippen molar-refractivity contribution in [3.05, 3.63) is 27.2 Å². The van der Waals surface area contributed by atoms with E-state index in [4.69, 9.17) is 16.7 Å². The van der Waals surface area contributed by atoms with E-state index in [2.05, 4.69) is 15.9 Å². The standard InChI is InChI=1S/C9H10BrClO2/c1-5(12)2-6-3-7(11)4-8(10)9(6)13/h3-5,12-13H,2H2,1H3/t5-/m1/s1. The maximum Gasteiger partial charge on any atom is 0.133 e. The topological polar surface area (TPSA) is 40.5 Å². The maximum atomic E-state index is 9.55. The fourth-order valence-corrected chi connectivity index (χ4v) is 1.97. The molecule has 0 spiro atoms. The number of aromatic hydroxyl groups is 1. The predicted octanol–water partition coefficient (Wildman–Crippen LogP) is 2.73. The van der Waals surface area contributed by atoms with E-state index in [1.807, 2.05) is 0 Å². The molecule has 0 aliphatic heterocycles. The predicted molar refractivity (Wildman–Crippen MR) is 56.2 cm³/mol. The maximum absolute atomic E-state index is 9.55. The normalized spacial score (nSPS) is 12.9. The van der Waals surface area contributed by atoms with Crippen molar-refractivity contribution in [2.75, 3.05) is 0 Å². The van der Waals surface area contributed by atoms with Gasteiger partial charge in [0.15, 0.2) is 0 Å². The summed E-state index contributed by atoms with van der Waals surface area (Å²) < 4.78 is 0.552. The zero-order chi connectivity index (χ0) is 10.0. The average molecular weight is 266 g/mol. The van der Waals surface area contributed by atoms with Gasteiger partial charge < -0.3 is 10.2 Å². The van der Waals surface area contributed by atoms with Crippen molar-refractivity contribution in [3.8, 4) is 5.75 Å². The molecule has 1 aromatic rings. The Bertz CT molecular complexity index is 313. The number of rotatable bonds is 2. The first-order chi connectivity index (χ1) is 6.00. The Kier molecular flexibility index (Phi) is 3.59. The first-order valence-electron chi connectivity index (χ1n) is 3.85. The highest BCUT2D eigenvalue weighted by molar-refractivity contribution is 9.10. The Morgan fingerprint density at radius 3 is 2.69 bits per heavy atom. The van der Waals surface area contributed by atoms with Crippen molar-refractivity contribution in [1.29, 1.82) is 0 Å². The van der Waals surface area contributed by atoms with Crippen LogP contribution in [-0.2, 0) is 6.42 Å². The third-order valence-corrected chi connectivity index (χ3v) is 2.45. The lowest BCUT2D eigenvalue weighted by atomic mass is 10.1. The summed E-state index contributed by atoms with van der Waals surface area (Å²) in [7, 11) is 0. The smallest absolute Gasteiger partial charge is 0.133 e. The molecule has 72 valence electrons. The second-order valence-electron chi connectivity index (χ2n) is 2.95. The fraction of sp³-hybridized carbons (Fsp3) is 0.333. The molecule has 0 aliphatic rings. The van der Waals surface area contributed by atoms with Crippen LogP contribution in [-0.4, -0.2) is 16.3 Å². The number of hydrogen-bond donors (Lipinski definition) is 2. The van der Waals surface area contributed by atoms with Gasteiger partial charge >= 0.3 is 0 Å². The molecule has 0 unspecified atom stereocenters. The molecule has 0 bridgehead atoms. The molecule has 1 atom stereocenters. The highest BCUT2D eigenvalue weighted by Crippen LogP contribution is 2.32. The van der Waals surface area contributed by atoms with Crippen LogP contribution in [0.3, 0.4) is 0 Å². The summed E-state index contributed by atoms with van der Waals surface area (Å²) in [5.41, 5.74) is 0.648. The first kappa shape index (κ1) is 10.8. The molecule has 13 heavy (non-hydrogen) atoms. The quantitative estimate of drug-likeness (QED) is 0.863. The Morgan fingerprint density at radius 1 is 1.54 bits per heavy atom. The van der Waals surface area contributed by atoms with Gasteiger partial charge in [0.05, 0.1) is 10.6 Å². The van der Waals surface area contributed by atoms with Crippen LogP contribution in [0.2, 0.25) is 5.02 Å². The number of benzene rings is 1. The van der Waals surface area contributed by atoms with Crippen LogP contribution >= 0.6 is 27.5 Å². The SMILES string of the molecule is C[C@@H](O)Cc1cc(Cl)cc(Br)c1O. The van der Waals surface area contributed by atoms with Gasteiger partial charge in [0, 0.05) is 11.4 Å². The third-order valence-electron chi connectivity index (χ3n) is 1.62. The van der Waals surface area contributed by atoms with Crippen LogP contribution in [0.15, 0.2) is 16.6 Å². The number of hydrogen-bond acceptors (Lipinski definition) is 2. The molecule has 0 fully saturated rings. The molecule has 2 N–H and O–H groups in total. The highest BCUT2D eigenvalue weighted by atomic mass is 79.9. The van der Waals surface area contributed by atoms with Gasteiger partial charge in [-0.3, -0.25) is 0 Å². The highest BCUT2D eigenvalue weighted by Gasteiger charge is 2.09. The van der Waals surface area contributed by atoms with Crippen LogP contribution in [0.1, 0.15) is 12.5 Å². The summed E-state index contributed by atoms with van der Waals surface area (Å²) in [4.78, 5) is 0. The molecular weight excluding hydrogens is 255 g/mol. The second kappa shape index (κ2) is 4.31. The Balaban J connectivity index is 3.05. The lowest BCUT2D eigenvalue weighted by molar-refractivity contribution is 0.194. The number of phenolic OH excluding ortho intramolecular Hbond substituents is 1. The van der Waals surface area contributed by atoms with Crippen molar-refractivity contribution in [2.24, 2.45) is 0 Å². The number of phenols is 1. The minimum absolute atomic E-state index is 0.144. The summed E-state index contributed by atoms with van der Waals surface area (Å²) >= 11 is 8.95. The zero-order valence-electron chi connectivity index (χ0n) is 7.09. The Morgan fingerprint density at radius 2 is 2.15 bits per heavy atom. The zero-order valence-corrected chi connectivity index (χ0v) is 9.43. The fourth-order valence-electron chi connectivity index (χ4n) is 1.09. The number of aliphatic hydroxyl groups is 1. The van der Waals surface area contributed by atoms with Gasteiger partial charge in [0.1, 0.15) is 5.75 Å². The lowest BCUT2D eigenvalue weighted by Crippen LogP contribution is -2.04. The first-order valence-corrected chi connectivity index (χ1v) is 5.02.